The summed E-state index contributed by atoms with van der Waals surface area (Å²) in [5.41, 5.74) is 1.43. The van der Waals surface area contributed by atoms with Crippen LogP contribution in [0.2, 0.25) is 0 Å². The van der Waals surface area contributed by atoms with Crippen LogP contribution in [-0.2, 0) is 4.74 Å². The Bertz CT molecular complexity index is 1430. The third-order valence-electron chi connectivity index (χ3n) is 6.46. The minimum atomic E-state index is -0.711. The summed E-state index contributed by atoms with van der Waals surface area (Å²) >= 11 is 2.75. The van der Waals surface area contributed by atoms with Gasteiger partial charge in [-0.3, -0.25) is 0 Å². The molecule has 36 heavy (non-hydrogen) atoms. The molecule has 0 aliphatic carbocycles. The van der Waals surface area contributed by atoms with Gasteiger partial charge in [0, 0.05) is 35.0 Å². The van der Waals surface area contributed by atoms with Crippen LogP contribution in [0.4, 0.5) is 25.0 Å². The number of fused-ring (bicyclic) bond motifs is 2. The van der Waals surface area contributed by atoms with Gasteiger partial charge in [-0.1, -0.05) is 6.42 Å². The molecule has 1 N–H and O–H groups in total. The number of carbonyl (C=O) groups excluding carboxylic acids is 1. The molecule has 2 unspecified atom stereocenters. The van der Waals surface area contributed by atoms with Crippen LogP contribution in [-0.4, -0.2) is 39.1 Å². The topological polar surface area (TPSA) is 67.4 Å². The van der Waals surface area contributed by atoms with Gasteiger partial charge in [-0.2, -0.15) is 0 Å². The molecule has 190 valence electrons. The zero-order valence-electron chi connectivity index (χ0n) is 20.6. The molecule has 1 fully saturated rings. The molecule has 0 bridgehead atoms. The molecule has 1 aliphatic rings. The monoisotopic (exact) mass is 530 g/mol. The van der Waals surface area contributed by atoms with Crippen molar-refractivity contribution in [2.24, 2.45) is 0 Å². The molecule has 1 aromatic carbocycles. The van der Waals surface area contributed by atoms with Gasteiger partial charge in [0.25, 0.3) is 0 Å². The summed E-state index contributed by atoms with van der Waals surface area (Å²) in [7, 11) is 0. The number of nitrogens with zero attached hydrogens (tertiary/aromatic N) is 3. The zero-order chi connectivity index (χ0) is 25.6. The molecule has 0 radical (unpaired) electrons. The summed E-state index contributed by atoms with van der Waals surface area (Å²) in [6.45, 7) is 8.32. The van der Waals surface area contributed by atoms with Crippen molar-refractivity contribution in [2.75, 3.05) is 11.9 Å². The van der Waals surface area contributed by atoms with E-state index in [1.165, 1.54) is 22.9 Å². The number of hydrogen-bond acceptors (Lipinski definition) is 7. The molecule has 4 heterocycles. The van der Waals surface area contributed by atoms with Crippen molar-refractivity contribution < 1.29 is 18.3 Å². The summed E-state index contributed by atoms with van der Waals surface area (Å²) in [5.74, 6) is -1.28. The lowest BCUT2D eigenvalue weighted by Crippen LogP contribution is -2.44. The smallest absolute Gasteiger partial charge is 0.410 e. The summed E-state index contributed by atoms with van der Waals surface area (Å²) < 4.78 is 36.0. The van der Waals surface area contributed by atoms with Gasteiger partial charge >= 0.3 is 6.09 Å². The Balaban J connectivity index is 1.48. The molecule has 0 saturated carbocycles. The van der Waals surface area contributed by atoms with Crippen molar-refractivity contribution in [3.05, 3.63) is 46.4 Å². The van der Waals surface area contributed by atoms with Gasteiger partial charge in [0.05, 0.1) is 15.9 Å². The number of benzene rings is 1. The quantitative estimate of drug-likeness (QED) is 0.292. The number of nitrogens with one attached hydrogen (secondary N) is 1. The SMILES string of the molecule is CC1C(c2cc3c(Nc4c(F)cc5scnc5c4F)ccnc3s2)CCCCN1C(=O)OC(C)(C)C. The van der Waals surface area contributed by atoms with E-state index in [2.05, 4.69) is 22.2 Å². The van der Waals surface area contributed by atoms with E-state index < -0.39 is 17.2 Å². The molecular formula is C26H28F2N4O2S2. The highest BCUT2D eigenvalue weighted by Crippen LogP contribution is 2.41. The third kappa shape index (κ3) is 4.76. The minimum Gasteiger partial charge on any atom is -0.444 e. The van der Waals surface area contributed by atoms with E-state index >= 15 is 4.39 Å². The number of carbonyl (C=O) groups is 1. The van der Waals surface area contributed by atoms with Crippen molar-refractivity contribution >= 4 is 60.6 Å². The molecule has 10 heteroatoms. The number of anilines is 2. The molecule has 2 atom stereocenters. The lowest BCUT2D eigenvalue weighted by Gasteiger charge is -2.33. The Morgan fingerprint density at radius 3 is 2.81 bits per heavy atom. The van der Waals surface area contributed by atoms with E-state index in [9.17, 15) is 9.18 Å². The van der Waals surface area contributed by atoms with Crippen molar-refractivity contribution in [1.82, 2.24) is 14.9 Å². The van der Waals surface area contributed by atoms with Crippen molar-refractivity contribution in [2.45, 2.75) is 64.5 Å². The second-order valence-electron chi connectivity index (χ2n) is 10.1. The first-order chi connectivity index (χ1) is 17.1. The fourth-order valence-electron chi connectivity index (χ4n) is 4.70. The van der Waals surface area contributed by atoms with Crippen molar-refractivity contribution in [3.63, 3.8) is 0 Å². The summed E-state index contributed by atoms with van der Waals surface area (Å²) in [6.07, 6.45) is 4.16. The Morgan fingerprint density at radius 1 is 1.22 bits per heavy atom. The summed E-state index contributed by atoms with van der Waals surface area (Å²) in [6, 6.07) is 4.99. The van der Waals surface area contributed by atoms with Crippen LogP contribution in [0.1, 0.15) is 57.8 Å². The Labute approximate surface area is 216 Å². The molecule has 5 rings (SSSR count). The average molecular weight is 531 g/mol. The van der Waals surface area contributed by atoms with Crippen LogP contribution in [0.3, 0.4) is 0 Å². The Morgan fingerprint density at radius 2 is 2.03 bits per heavy atom. The molecule has 4 aromatic rings. The molecule has 6 nitrogen and oxygen atoms in total. The standard InChI is InChI=1S/C26H28F2N4O2S2/c1-14-15(7-5-6-10-32(14)25(33)34-26(2,3)4)19-11-16-18(8-9-29-24(16)36-19)31-22-17(27)12-20-23(21(22)28)30-13-35-20/h8-9,11-15H,5-7,10H2,1-4H3,(H,29,31). The van der Waals surface area contributed by atoms with E-state index in [1.54, 1.807) is 23.6 Å². The van der Waals surface area contributed by atoms with Crippen LogP contribution >= 0.6 is 22.7 Å². The molecule has 1 amide bonds. The first-order valence-corrected chi connectivity index (χ1v) is 13.7. The molecule has 0 spiro atoms. The highest BCUT2D eigenvalue weighted by molar-refractivity contribution is 7.18. The highest BCUT2D eigenvalue weighted by atomic mass is 32.1. The lowest BCUT2D eigenvalue weighted by molar-refractivity contribution is 0.0168. The zero-order valence-corrected chi connectivity index (χ0v) is 22.2. The number of halogens is 2. The first-order valence-electron chi connectivity index (χ1n) is 12.0. The van der Waals surface area contributed by atoms with Gasteiger partial charge in [-0.15, -0.1) is 22.7 Å². The lowest BCUT2D eigenvalue weighted by atomic mass is 9.94. The van der Waals surface area contributed by atoms with E-state index in [0.29, 0.717) is 16.9 Å². The number of aromatic nitrogens is 2. The number of thiazole rings is 1. The van der Waals surface area contributed by atoms with Gasteiger partial charge in [-0.05, 0) is 58.7 Å². The maximum absolute atomic E-state index is 15.1. The van der Waals surface area contributed by atoms with E-state index in [0.717, 1.165) is 34.4 Å². The Kier molecular flexibility index (Phi) is 6.59. The number of rotatable bonds is 3. The number of thiophene rings is 1. The normalized spacial score (nSPS) is 19.0. The third-order valence-corrected chi connectivity index (χ3v) is 8.42. The second-order valence-corrected chi connectivity index (χ2v) is 12.1. The number of amides is 1. The van der Waals surface area contributed by atoms with Gasteiger partial charge < -0.3 is 15.0 Å². The summed E-state index contributed by atoms with van der Waals surface area (Å²) in [5, 5.41) is 3.74. The molecule has 1 saturated heterocycles. The predicted octanol–water partition coefficient (Wildman–Crippen LogP) is 7.82. The molecular weight excluding hydrogens is 502 g/mol. The largest absolute Gasteiger partial charge is 0.444 e. The van der Waals surface area contributed by atoms with Crippen LogP contribution in [0.25, 0.3) is 20.4 Å². The molecule has 1 aliphatic heterocycles. The summed E-state index contributed by atoms with van der Waals surface area (Å²) in [4.78, 5) is 25.2. The van der Waals surface area contributed by atoms with Gasteiger partial charge in [-0.25, -0.2) is 23.5 Å². The van der Waals surface area contributed by atoms with Crippen LogP contribution in [0.15, 0.2) is 29.9 Å². The second kappa shape index (κ2) is 9.55. The number of hydrogen-bond donors (Lipinski definition) is 1. The average Bonchev–Trinajstić information content (AvgIpc) is 3.40. The maximum Gasteiger partial charge on any atom is 0.410 e. The van der Waals surface area contributed by atoms with Gasteiger partial charge in [0.2, 0.25) is 0 Å². The fraction of sp³-hybridized carbons (Fsp3) is 0.423. The Hall–Kier alpha value is -2.85. The van der Waals surface area contributed by atoms with Crippen molar-refractivity contribution in [1.29, 1.82) is 0 Å². The highest BCUT2D eigenvalue weighted by Gasteiger charge is 2.34. The van der Waals surface area contributed by atoms with E-state index in [-0.39, 0.29) is 29.3 Å². The van der Waals surface area contributed by atoms with E-state index in [1.807, 2.05) is 31.7 Å². The van der Waals surface area contributed by atoms with Crippen LogP contribution in [0, 0.1) is 11.6 Å². The first kappa shape index (κ1) is 24.8. The van der Waals surface area contributed by atoms with Crippen molar-refractivity contribution in [3.8, 4) is 0 Å². The molecule has 3 aromatic heterocycles. The van der Waals surface area contributed by atoms with Crippen LogP contribution < -0.4 is 5.32 Å². The predicted molar refractivity (Wildman–Crippen MR) is 141 cm³/mol. The fourth-order valence-corrected chi connectivity index (χ4v) is 6.65. The van der Waals surface area contributed by atoms with Gasteiger partial charge in [0.15, 0.2) is 11.6 Å². The number of ether oxygens (including phenoxy) is 1. The van der Waals surface area contributed by atoms with Gasteiger partial charge in [0.1, 0.15) is 21.6 Å². The minimum absolute atomic E-state index is 0.0613. The van der Waals surface area contributed by atoms with Crippen LogP contribution in [0.5, 0.6) is 0 Å². The number of likely N-dealkylation sites (tertiary alicyclic amines) is 1. The number of pyridine rings is 1. The maximum atomic E-state index is 15.1. The van der Waals surface area contributed by atoms with E-state index in [4.69, 9.17) is 4.74 Å².